The first kappa shape index (κ1) is 20.9. The van der Waals surface area contributed by atoms with Crippen LogP contribution in [-0.4, -0.2) is 43.5 Å². The molecule has 0 spiro atoms. The molecule has 1 atom stereocenters. The number of fused-ring (bicyclic) bond motifs is 1. The molecule has 1 aromatic carbocycles. The van der Waals surface area contributed by atoms with Crippen molar-refractivity contribution in [1.82, 2.24) is 4.90 Å². The van der Waals surface area contributed by atoms with E-state index in [1.165, 1.54) is 21.7 Å². The predicted molar refractivity (Wildman–Crippen MR) is 123 cm³/mol. The Bertz CT molecular complexity index is 982. The fourth-order valence-corrected chi connectivity index (χ4v) is 5.93. The van der Waals surface area contributed by atoms with Gasteiger partial charge in [0.25, 0.3) is 0 Å². The van der Waals surface area contributed by atoms with Gasteiger partial charge in [0.2, 0.25) is 5.91 Å². The van der Waals surface area contributed by atoms with Crippen molar-refractivity contribution in [2.75, 3.05) is 42.9 Å². The molecular weight excluding hydrogens is 392 g/mol. The van der Waals surface area contributed by atoms with Crippen LogP contribution >= 0.6 is 11.3 Å². The van der Waals surface area contributed by atoms with Crippen LogP contribution < -0.4 is 10.2 Å². The van der Waals surface area contributed by atoms with E-state index in [1.54, 1.807) is 11.3 Å². The highest BCUT2D eigenvalue weighted by Crippen LogP contribution is 2.39. The summed E-state index contributed by atoms with van der Waals surface area (Å²) in [5.41, 5.74) is 5.81. The quantitative estimate of drug-likeness (QED) is 0.805. The van der Waals surface area contributed by atoms with Gasteiger partial charge in [-0.05, 0) is 61.8 Å². The number of amides is 1. The highest BCUT2D eigenvalue weighted by molar-refractivity contribution is 7.16. The number of nitrogens with zero attached hydrogens (tertiary/aromatic N) is 3. The van der Waals surface area contributed by atoms with Crippen molar-refractivity contribution in [1.29, 1.82) is 5.26 Å². The summed E-state index contributed by atoms with van der Waals surface area (Å²) in [7, 11) is 0. The topological polar surface area (TPSA) is 59.4 Å². The van der Waals surface area contributed by atoms with Crippen molar-refractivity contribution in [3.63, 3.8) is 0 Å². The third-order valence-electron chi connectivity index (χ3n) is 6.53. The number of nitrogens with one attached hydrogen (secondary N) is 1. The summed E-state index contributed by atoms with van der Waals surface area (Å²) in [4.78, 5) is 18.6. The lowest BCUT2D eigenvalue weighted by molar-refractivity contribution is -0.117. The minimum atomic E-state index is -0.0154. The second-order valence-corrected chi connectivity index (χ2v) is 9.80. The number of rotatable bonds is 4. The monoisotopic (exact) mass is 422 g/mol. The molecule has 4 rings (SSSR count). The Morgan fingerprint density at radius 2 is 2.03 bits per heavy atom. The molecule has 5 nitrogen and oxygen atoms in total. The number of nitriles is 1. The lowest BCUT2D eigenvalue weighted by atomic mass is 9.89. The molecule has 1 aliphatic heterocycles. The number of carbonyl (C=O) groups excluding carboxylic acids is 1. The van der Waals surface area contributed by atoms with Gasteiger partial charge in [-0.1, -0.05) is 19.1 Å². The summed E-state index contributed by atoms with van der Waals surface area (Å²) in [6.07, 6.45) is 3.09. The minimum Gasteiger partial charge on any atom is -0.369 e. The summed E-state index contributed by atoms with van der Waals surface area (Å²) in [5.74, 6) is 0.637. The molecule has 0 bridgehead atoms. The van der Waals surface area contributed by atoms with Gasteiger partial charge < -0.3 is 10.2 Å². The number of hydrogen-bond donors (Lipinski definition) is 1. The van der Waals surface area contributed by atoms with Crippen LogP contribution in [-0.2, 0) is 17.6 Å². The van der Waals surface area contributed by atoms with E-state index in [2.05, 4.69) is 60.2 Å². The average molecular weight is 423 g/mol. The van der Waals surface area contributed by atoms with E-state index in [1.807, 2.05) is 0 Å². The van der Waals surface area contributed by atoms with E-state index in [0.29, 0.717) is 18.0 Å². The van der Waals surface area contributed by atoms with Gasteiger partial charge in [0.15, 0.2) is 0 Å². The molecule has 158 valence electrons. The molecule has 1 saturated heterocycles. The van der Waals surface area contributed by atoms with E-state index < -0.39 is 0 Å². The largest absolute Gasteiger partial charge is 0.369 e. The normalized spacial score (nSPS) is 19.3. The summed E-state index contributed by atoms with van der Waals surface area (Å²) in [6, 6.07) is 8.79. The average Bonchev–Trinajstić information content (AvgIpc) is 3.06. The third-order valence-corrected chi connectivity index (χ3v) is 7.70. The zero-order valence-electron chi connectivity index (χ0n) is 18.1. The molecule has 1 amide bonds. The molecule has 1 N–H and O–H groups in total. The molecular formula is C24H30N4OS. The van der Waals surface area contributed by atoms with Gasteiger partial charge in [0, 0.05) is 36.7 Å². The number of anilines is 2. The van der Waals surface area contributed by atoms with Gasteiger partial charge in [-0.15, -0.1) is 11.3 Å². The summed E-state index contributed by atoms with van der Waals surface area (Å²) < 4.78 is 0. The summed E-state index contributed by atoms with van der Waals surface area (Å²) in [5, 5.41) is 13.4. The summed E-state index contributed by atoms with van der Waals surface area (Å²) >= 11 is 1.60. The molecule has 2 aliphatic rings. The maximum Gasteiger partial charge on any atom is 0.239 e. The molecule has 2 heterocycles. The second-order valence-electron chi connectivity index (χ2n) is 8.70. The molecule has 0 radical (unpaired) electrons. The molecule has 0 unspecified atom stereocenters. The Morgan fingerprint density at radius 3 is 2.77 bits per heavy atom. The van der Waals surface area contributed by atoms with Crippen molar-refractivity contribution in [3.05, 3.63) is 45.3 Å². The van der Waals surface area contributed by atoms with Crippen molar-refractivity contribution in [3.8, 4) is 6.07 Å². The maximum absolute atomic E-state index is 12.7. The standard InChI is InChI=1S/C24H30N4OS/c1-16-7-8-19-20(14-25)24(30-22(19)13-16)26-23(29)15-27-9-11-28(12-10-27)21-6-4-5-17(2)18(21)3/h4-6,16H,7-13,15H2,1-3H3,(H,26,29)/t16-/m1/s1. The molecule has 6 heteroatoms. The Balaban J connectivity index is 1.35. The van der Waals surface area contributed by atoms with Gasteiger partial charge >= 0.3 is 0 Å². The van der Waals surface area contributed by atoms with Gasteiger partial charge in [-0.25, -0.2) is 0 Å². The van der Waals surface area contributed by atoms with Crippen LogP contribution in [0, 0.1) is 31.1 Å². The zero-order chi connectivity index (χ0) is 21.3. The van der Waals surface area contributed by atoms with Crippen LogP contribution in [0.25, 0.3) is 0 Å². The van der Waals surface area contributed by atoms with E-state index in [4.69, 9.17) is 0 Å². The van der Waals surface area contributed by atoms with Crippen molar-refractivity contribution in [2.45, 2.75) is 40.0 Å². The molecule has 2 aromatic rings. The van der Waals surface area contributed by atoms with Crippen LogP contribution in [0.3, 0.4) is 0 Å². The molecule has 0 saturated carbocycles. The fraction of sp³-hybridized carbons (Fsp3) is 0.500. The van der Waals surface area contributed by atoms with Crippen molar-refractivity contribution < 1.29 is 4.79 Å². The van der Waals surface area contributed by atoms with E-state index in [9.17, 15) is 10.1 Å². The molecule has 1 fully saturated rings. The highest BCUT2D eigenvalue weighted by Gasteiger charge is 2.26. The Kier molecular flexibility index (Phi) is 6.12. The fourth-order valence-electron chi connectivity index (χ4n) is 4.55. The van der Waals surface area contributed by atoms with Crippen molar-refractivity contribution in [2.24, 2.45) is 5.92 Å². The van der Waals surface area contributed by atoms with Crippen molar-refractivity contribution >= 4 is 27.9 Å². The second kappa shape index (κ2) is 8.79. The summed E-state index contributed by atoms with van der Waals surface area (Å²) in [6.45, 7) is 10.5. The predicted octanol–water partition coefficient (Wildman–Crippen LogP) is 4.12. The number of aryl methyl sites for hydroxylation is 1. The lowest BCUT2D eigenvalue weighted by Crippen LogP contribution is -2.48. The van der Waals surface area contributed by atoms with Crippen LogP contribution in [0.1, 0.15) is 40.5 Å². The SMILES string of the molecule is Cc1cccc(N2CCN(CC(=O)Nc3sc4c(c3C#N)CC[C@@H](C)C4)CC2)c1C. The number of benzene rings is 1. The number of carbonyl (C=O) groups is 1. The number of hydrogen-bond acceptors (Lipinski definition) is 5. The first-order chi connectivity index (χ1) is 14.5. The Morgan fingerprint density at radius 1 is 1.27 bits per heavy atom. The zero-order valence-corrected chi connectivity index (χ0v) is 18.9. The van der Waals surface area contributed by atoms with Crippen LogP contribution in [0.4, 0.5) is 10.7 Å². The first-order valence-electron chi connectivity index (χ1n) is 10.8. The van der Waals surface area contributed by atoms with Gasteiger partial charge in [0.1, 0.15) is 11.1 Å². The molecule has 1 aliphatic carbocycles. The maximum atomic E-state index is 12.7. The van der Waals surface area contributed by atoms with E-state index in [0.717, 1.165) is 56.0 Å². The minimum absolute atomic E-state index is 0.0154. The Labute approximate surface area is 183 Å². The number of thiophene rings is 1. The molecule has 30 heavy (non-hydrogen) atoms. The highest BCUT2D eigenvalue weighted by atomic mass is 32.1. The van der Waals surface area contributed by atoms with Gasteiger partial charge in [0.05, 0.1) is 12.1 Å². The van der Waals surface area contributed by atoms with Gasteiger partial charge in [-0.3, -0.25) is 9.69 Å². The van der Waals surface area contributed by atoms with Crippen LogP contribution in [0.5, 0.6) is 0 Å². The smallest absolute Gasteiger partial charge is 0.239 e. The van der Waals surface area contributed by atoms with Crippen LogP contribution in [0.15, 0.2) is 18.2 Å². The first-order valence-corrected chi connectivity index (χ1v) is 11.7. The molecule has 1 aromatic heterocycles. The van der Waals surface area contributed by atoms with Crippen LogP contribution in [0.2, 0.25) is 0 Å². The van der Waals surface area contributed by atoms with Gasteiger partial charge in [-0.2, -0.15) is 5.26 Å². The lowest BCUT2D eigenvalue weighted by Gasteiger charge is -2.36. The Hall–Kier alpha value is -2.36. The van der Waals surface area contributed by atoms with E-state index >= 15 is 0 Å². The third kappa shape index (κ3) is 4.23. The number of piperazine rings is 1. The van der Waals surface area contributed by atoms with E-state index in [-0.39, 0.29) is 5.91 Å².